The molecule has 0 aliphatic rings. The number of anilines is 4. The molecule has 2 amide bonds. The predicted octanol–water partition coefficient (Wildman–Crippen LogP) is 3.46. The topological polar surface area (TPSA) is 112 Å². The Labute approximate surface area is 193 Å². The maximum atomic E-state index is 13.3. The van der Waals surface area contributed by atoms with Crippen molar-refractivity contribution >= 4 is 35.0 Å². The van der Waals surface area contributed by atoms with Gasteiger partial charge in [0, 0.05) is 50.8 Å². The summed E-state index contributed by atoms with van der Waals surface area (Å²) >= 11 is 0. The van der Waals surface area contributed by atoms with Crippen molar-refractivity contribution in [3.05, 3.63) is 66.1 Å². The minimum Gasteiger partial charge on any atom is -0.368 e. The van der Waals surface area contributed by atoms with E-state index in [0.717, 1.165) is 0 Å². The Bertz CT molecular complexity index is 1160. The molecular formula is C22H22F3N7O2. The molecule has 0 bridgehead atoms. The lowest BCUT2D eigenvalue weighted by molar-refractivity contribution is -0.137. The molecule has 9 nitrogen and oxygen atoms in total. The van der Waals surface area contributed by atoms with E-state index in [1.54, 1.807) is 49.5 Å². The lowest BCUT2D eigenvalue weighted by atomic mass is 10.2. The highest BCUT2D eigenvalue weighted by atomic mass is 19.4. The molecule has 0 fully saturated rings. The van der Waals surface area contributed by atoms with Crippen molar-refractivity contribution in [2.45, 2.75) is 13.1 Å². The molecule has 178 valence electrons. The number of hydrogen-bond donors (Lipinski definition) is 3. The van der Waals surface area contributed by atoms with Crippen LogP contribution in [0.3, 0.4) is 0 Å². The molecule has 0 saturated heterocycles. The first-order valence-electron chi connectivity index (χ1n) is 10.1. The van der Waals surface area contributed by atoms with Crippen LogP contribution in [-0.2, 0) is 11.0 Å². The van der Waals surface area contributed by atoms with E-state index in [2.05, 4.69) is 30.9 Å². The van der Waals surface area contributed by atoms with Crippen molar-refractivity contribution in [1.29, 1.82) is 0 Å². The minimum absolute atomic E-state index is 0.0367. The lowest BCUT2D eigenvalue weighted by Crippen LogP contribution is -2.27. The molecule has 34 heavy (non-hydrogen) atoms. The van der Waals surface area contributed by atoms with Crippen molar-refractivity contribution < 1.29 is 22.8 Å². The molecule has 0 aliphatic carbocycles. The zero-order valence-corrected chi connectivity index (χ0v) is 18.3. The maximum absolute atomic E-state index is 13.3. The van der Waals surface area contributed by atoms with Gasteiger partial charge in [0.2, 0.25) is 11.9 Å². The quantitative estimate of drug-likeness (QED) is 0.430. The molecule has 1 aromatic carbocycles. The van der Waals surface area contributed by atoms with Crippen LogP contribution in [0.25, 0.3) is 0 Å². The van der Waals surface area contributed by atoms with Gasteiger partial charge in [0.1, 0.15) is 17.1 Å². The van der Waals surface area contributed by atoms with Crippen LogP contribution in [0.5, 0.6) is 0 Å². The van der Waals surface area contributed by atoms with Crippen molar-refractivity contribution in [2.24, 2.45) is 0 Å². The van der Waals surface area contributed by atoms with Crippen LogP contribution in [0.4, 0.5) is 36.3 Å². The first-order chi connectivity index (χ1) is 16.1. The number of amides is 2. The summed E-state index contributed by atoms with van der Waals surface area (Å²) in [5, 5.41) is 7.92. The Morgan fingerprint density at radius 2 is 1.85 bits per heavy atom. The largest absolute Gasteiger partial charge is 0.421 e. The number of hydrogen-bond acceptors (Lipinski definition) is 7. The van der Waals surface area contributed by atoms with Gasteiger partial charge in [0.05, 0.1) is 0 Å². The Morgan fingerprint density at radius 3 is 2.53 bits per heavy atom. The molecule has 0 aliphatic heterocycles. The van der Waals surface area contributed by atoms with Crippen molar-refractivity contribution in [2.75, 3.05) is 35.7 Å². The van der Waals surface area contributed by atoms with Gasteiger partial charge >= 0.3 is 6.18 Å². The van der Waals surface area contributed by atoms with Crippen LogP contribution >= 0.6 is 0 Å². The fraction of sp³-hybridized carbons (Fsp3) is 0.227. The standard InChI is InChI=1S/C22H22F3N7O2/c1-14(33)26-10-11-28-19-17(22(23,24)25)13-29-21(31-19)30-15-6-5-7-16(12-15)32(2)20(34)18-8-3-4-9-27-18/h3-9,12-13H,10-11H2,1-2H3,(H,26,33)(H2,28,29,30,31). The lowest BCUT2D eigenvalue weighted by Gasteiger charge is -2.18. The molecule has 3 aromatic rings. The molecule has 3 rings (SSSR count). The molecule has 2 aromatic heterocycles. The third-order valence-corrected chi connectivity index (χ3v) is 4.56. The number of carbonyl (C=O) groups excluding carboxylic acids is 2. The van der Waals surface area contributed by atoms with Gasteiger partial charge < -0.3 is 20.9 Å². The molecule has 0 atom stereocenters. The average molecular weight is 473 g/mol. The number of aromatic nitrogens is 3. The molecule has 0 radical (unpaired) electrons. The second-order valence-electron chi connectivity index (χ2n) is 7.12. The van der Waals surface area contributed by atoms with Crippen LogP contribution in [0.1, 0.15) is 23.0 Å². The number of nitrogens with one attached hydrogen (secondary N) is 3. The van der Waals surface area contributed by atoms with E-state index < -0.39 is 17.6 Å². The van der Waals surface area contributed by atoms with Crippen LogP contribution in [0, 0.1) is 0 Å². The Hall–Kier alpha value is -4.22. The summed E-state index contributed by atoms with van der Waals surface area (Å²) in [7, 11) is 1.59. The van der Waals surface area contributed by atoms with Crippen LogP contribution in [0.15, 0.2) is 54.9 Å². The number of benzene rings is 1. The number of pyridine rings is 1. The van der Waals surface area contributed by atoms with Gasteiger partial charge in [-0.1, -0.05) is 12.1 Å². The fourth-order valence-corrected chi connectivity index (χ4v) is 2.90. The second-order valence-corrected chi connectivity index (χ2v) is 7.12. The SMILES string of the molecule is CC(=O)NCCNc1nc(Nc2cccc(N(C)C(=O)c3ccccn3)c2)ncc1C(F)(F)F. The fourth-order valence-electron chi connectivity index (χ4n) is 2.90. The summed E-state index contributed by atoms with van der Waals surface area (Å²) in [6.45, 7) is 1.47. The molecule has 0 saturated carbocycles. The molecule has 0 spiro atoms. The Balaban J connectivity index is 1.78. The number of carbonyl (C=O) groups is 2. The van der Waals surface area contributed by atoms with E-state index in [1.807, 2.05) is 0 Å². The van der Waals surface area contributed by atoms with E-state index in [-0.39, 0.29) is 36.5 Å². The second kappa shape index (κ2) is 10.6. The summed E-state index contributed by atoms with van der Waals surface area (Å²) in [5.74, 6) is -1.12. The zero-order valence-electron chi connectivity index (χ0n) is 18.3. The van der Waals surface area contributed by atoms with Gasteiger partial charge in [0.25, 0.3) is 5.91 Å². The predicted molar refractivity (Wildman–Crippen MR) is 121 cm³/mol. The van der Waals surface area contributed by atoms with Gasteiger partial charge in [-0.25, -0.2) is 4.98 Å². The molecule has 3 N–H and O–H groups in total. The van der Waals surface area contributed by atoms with Crippen molar-refractivity contribution in [3.63, 3.8) is 0 Å². The summed E-state index contributed by atoms with van der Waals surface area (Å²) in [6.07, 6.45) is -2.47. The summed E-state index contributed by atoms with van der Waals surface area (Å²) in [6, 6.07) is 11.7. The molecule has 12 heteroatoms. The molecule has 0 unspecified atom stereocenters. The van der Waals surface area contributed by atoms with E-state index >= 15 is 0 Å². The zero-order chi connectivity index (χ0) is 24.7. The number of alkyl halides is 3. The van der Waals surface area contributed by atoms with Crippen LogP contribution in [0.2, 0.25) is 0 Å². The Kier molecular flexibility index (Phi) is 7.61. The van der Waals surface area contributed by atoms with Gasteiger partial charge in [0.15, 0.2) is 0 Å². The number of nitrogens with zero attached hydrogens (tertiary/aromatic N) is 4. The molecular weight excluding hydrogens is 451 g/mol. The van der Waals surface area contributed by atoms with E-state index in [9.17, 15) is 22.8 Å². The van der Waals surface area contributed by atoms with E-state index in [4.69, 9.17) is 0 Å². The van der Waals surface area contributed by atoms with Gasteiger partial charge in [-0.15, -0.1) is 0 Å². The van der Waals surface area contributed by atoms with Crippen LogP contribution in [-0.4, -0.2) is 46.9 Å². The number of rotatable bonds is 8. The normalized spacial score (nSPS) is 11.0. The highest BCUT2D eigenvalue weighted by molar-refractivity contribution is 6.04. The van der Waals surface area contributed by atoms with E-state index in [0.29, 0.717) is 17.6 Å². The van der Waals surface area contributed by atoms with Crippen molar-refractivity contribution in [3.8, 4) is 0 Å². The average Bonchev–Trinajstić information content (AvgIpc) is 2.81. The highest BCUT2D eigenvalue weighted by Gasteiger charge is 2.35. The first-order valence-corrected chi connectivity index (χ1v) is 10.1. The maximum Gasteiger partial charge on any atom is 0.421 e. The van der Waals surface area contributed by atoms with Crippen molar-refractivity contribution in [1.82, 2.24) is 20.3 Å². The van der Waals surface area contributed by atoms with E-state index in [1.165, 1.54) is 18.0 Å². The third kappa shape index (κ3) is 6.40. The smallest absolute Gasteiger partial charge is 0.368 e. The summed E-state index contributed by atoms with van der Waals surface area (Å²) in [4.78, 5) is 36.8. The highest BCUT2D eigenvalue weighted by Crippen LogP contribution is 2.34. The summed E-state index contributed by atoms with van der Waals surface area (Å²) < 4.78 is 40.0. The van der Waals surface area contributed by atoms with Crippen LogP contribution < -0.4 is 20.9 Å². The molecule has 2 heterocycles. The minimum atomic E-state index is -4.66. The Morgan fingerprint density at radius 1 is 1.06 bits per heavy atom. The van der Waals surface area contributed by atoms with Gasteiger partial charge in [-0.2, -0.15) is 18.2 Å². The third-order valence-electron chi connectivity index (χ3n) is 4.56. The van der Waals surface area contributed by atoms with Gasteiger partial charge in [-0.3, -0.25) is 14.6 Å². The number of halogens is 3. The summed E-state index contributed by atoms with van der Waals surface area (Å²) in [5.41, 5.74) is 0.225. The monoisotopic (exact) mass is 473 g/mol. The van der Waals surface area contributed by atoms with Gasteiger partial charge in [-0.05, 0) is 30.3 Å². The first kappa shape index (κ1) is 24.4.